The Morgan fingerprint density at radius 3 is 2.53 bits per heavy atom. The van der Waals surface area contributed by atoms with Gasteiger partial charge in [0.15, 0.2) is 0 Å². The van der Waals surface area contributed by atoms with Gasteiger partial charge in [-0.15, -0.1) is 0 Å². The summed E-state index contributed by atoms with van der Waals surface area (Å²) in [5.41, 5.74) is 1.22. The number of benzene rings is 1. The van der Waals surface area contributed by atoms with Crippen LogP contribution in [-0.4, -0.2) is 18.2 Å². The molecule has 0 saturated heterocycles. The van der Waals surface area contributed by atoms with Crippen LogP contribution in [-0.2, 0) is 15.6 Å². The highest BCUT2D eigenvalue weighted by molar-refractivity contribution is 9.10. The summed E-state index contributed by atoms with van der Waals surface area (Å²) in [6, 6.07) is 7.55. The van der Waals surface area contributed by atoms with E-state index in [2.05, 4.69) is 21.0 Å². The van der Waals surface area contributed by atoms with Gasteiger partial charge in [-0.1, -0.05) is 45.7 Å². The normalized spacial score (nSPS) is 11.8. The molecule has 0 amide bonds. The molecule has 0 saturated carbocycles. The third-order valence-corrected chi connectivity index (χ3v) is 5.24. The van der Waals surface area contributed by atoms with Crippen LogP contribution in [0, 0.1) is 6.92 Å². The minimum absolute atomic E-state index is 0.0169. The van der Waals surface area contributed by atoms with Crippen molar-refractivity contribution in [3.8, 4) is 0 Å². The smallest absolute Gasteiger partial charge is 0.248 e. The molecule has 1 aromatic heterocycles. The van der Waals surface area contributed by atoms with Gasteiger partial charge in [0.1, 0.15) is 10.0 Å². The molecule has 1 aromatic carbocycles. The van der Waals surface area contributed by atoms with Gasteiger partial charge >= 0.3 is 0 Å². The molecule has 19 heavy (non-hydrogen) atoms. The Morgan fingerprint density at radius 2 is 2.00 bits per heavy atom. The maximum Gasteiger partial charge on any atom is 0.266 e. The molecule has 0 N–H and O–H groups in total. The van der Waals surface area contributed by atoms with Gasteiger partial charge in [0.05, 0.1) is 12.2 Å². The third-order valence-electron chi connectivity index (χ3n) is 2.54. The second kappa shape index (κ2) is 5.44. The largest absolute Gasteiger partial charge is 0.266 e. The molecule has 2 aromatic rings. The van der Waals surface area contributed by atoms with Gasteiger partial charge in [-0.25, -0.2) is 13.1 Å². The molecule has 8 heteroatoms. The first-order chi connectivity index (χ1) is 8.80. The van der Waals surface area contributed by atoms with E-state index in [1.807, 2.05) is 24.3 Å². The zero-order valence-electron chi connectivity index (χ0n) is 9.77. The van der Waals surface area contributed by atoms with E-state index in [1.54, 1.807) is 6.92 Å². The third kappa shape index (κ3) is 3.13. The Bertz CT molecular complexity index is 728. The summed E-state index contributed by atoms with van der Waals surface area (Å²) in [5.74, 6) is 0. The topological polar surface area (TPSA) is 52.0 Å². The lowest BCUT2D eigenvalue weighted by Gasteiger charge is -2.05. The van der Waals surface area contributed by atoms with Crippen LogP contribution in [0.5, 0.6) is 0 Å². The van der Waals surface area contributed by atoms with Crippen LogP contribution < -0.4 is 0 Å². The number of hydrogen-bond donors (Lipinski definition) is 0. The fraction of sp³-hybridized carbons (Fsp3) is 0.182. The van der Waals surface area contributed by atoms with Gasteiger partial charge < -0.3 is 0 Å². The molecular weight excluding hydrogens is 375 g/mol. The summed E-state index contributed by atoms with van der Waals surface area (Å²) in [7, 11) is 1.44. The van der Waals surface area contributed by atoms with Crippen LogP contribution in [0.3, 0.4) is 0 Å². The van der Waals surface area contributed by atoms with Crippen molar-refractivity contribution in [1.82, 2.24) is 9.78 Å². The molecule has 0 radical (unpaired) electrons. The lowest BCUT2D eigenvalue weighted by molar-refractivity contribution is 0.609. The molecule has 0 atom stereocenters. The minimum atomic E-state index is -3.90. The lowest BCUT2D eigenvalue weighted by atomic mass is 10.2. The quantitative estimate of drug-likeness (QED) is 0.761. The molecule has 0 unspecified atom stereocenters. The number of halogens is 3. The number of nitrogens with zero attached hydrogens (tertiary/aromatic N) is 2. The van der Waals surface area contributed by atoms with Crippen LogP contribution in [0.25, 0.3) is 0 Å². The molecule has 1 heterocycles. The van der Waals surface area contributed by atoms with Gasteiger partial charge in [-0.2, -0.15) is 5.10 Å². The zero-order chi connectivity index (χ0) is 14.2. The number of aryl methyl sites for hydroxylation is 1. The van der Waals surface area contributed by atoms with Gasteiger partial charge in [0.2, 0.25) is 0 Å². The van der Waals surface area contributed by atoms with Gasteiger partial charge in [0, 0.05) is 15.2 Å². The van der Waals surface area contributed by atoms with Crippen LogP contribution in [0.1, 0.15) is 11.3 Å². The fourth-order valence-electron chi connectivity index (χ4n) is 1.71. The maximum atomic E-state index is 11.4. The van der Waals surface area contributed by atoms with E-state index in [1.165, 1.54) is 4.68 Å². The Morgan fingerprint density at radius 1 is 1.37 bits per heavy atom. The summed E-state index contributed by atoms with van der Waals surface area (Å²) < 4.78 is 25.2. The van der Waals surface area contributed by atoms with E-state index in [4.69, 9.17) is 22.3 Å². The Kier molecular flexibility index (Phi) is 4.25. The Labute approximate surface area is 128 Å². The minimum Gasteiger partial charge on any atom is -0.248 e. The molecule has 0 fully saturated rings. The Hall–Kier alpha value is -0.560. The van der Waals surface area contributed by atoms with E-state index in [-0.39, 0.29) is 15.7 Å². The molecule has 2 rings (SSSR count). The molecule has 102 valence electrons. The van der Waals surface area contributed by atoms with Crippen LogP contribution in [0.2, 0.25) is 5.15 Å². The van der Waals surface area contributed by atoms with E-state index in [0.29, 0.717) is 6.54 Å². The second-order valence-corrected chi connectivity index (χ2v) is 7.61. The fourth-order valence-corrected chi connectivity index (χ4v) is 4.03. The van der Waals surface area contributed by atoms with Crippen LogP contribution >= 0.6 is 38.2 Å². The molecule has 0 aliphatic carbocycles. The first-order valence-corrected chi connectivity index (χ1v) is 8.69. The molecule has 0 aliphatic rings. The second-order valence-electron chi connectivity index (χ2n) is 3.89. The van der Waals surface area contributed by atoms with Crippen LogP contribution in [0.15, 0.2) is 33.6 Å². The average molecular weight is 384 g/mol. The highest BCUT2D eigenvalue weighted by Crippen LogP contribution is 2.29. The summed E-state index contributed by atoms with van der Waals surface area (Å²) in [4.78, 5) is -0.136. The number of hydrogen-bond acceptors (Lipinski definition) is 3. The van der Waals surface area contributed by atoms with Crippen molar-refractivity contribution in [1.29, 1.82) is 0 Å². The predicted octanol–water partition coefficient (Wildman–Crippen LogP) is 3.58. The van der Waals surface area contributed by atoms with Gasteiger partial charge in [-0.05, 0) is 18.6 Å². The monoisotopic (exact) mass is 382 g/mol. The summed E-state index contributed by atoms with van der Waals surface area (Å²) in [6.07, 6.45) is 0. The standard InChI is InChI=1S/C11H9BrCl2N2O2S/c1-7-10(19(14,17)18)11(13)16(15-7)6-8-4-2-3-5-9(8)12/h2-5H,6H2,1H3. The summed E-state index contributed by atoms with van der Waals surface area (Å²) >= 11 is 9.45. The lowest BCUT2D eigenvalue weighted by Crippen LogP contribution is -2.03. The van der Waals surface area contributed by atoms with E-state index >= 15 is 0 Å². The summed E-state index contributed by atoms with van der Waals surface area (Å²) in [6.45, 7) is 1.91. The number of rotatable bonds is 3. The van der Waals surface area contributed by atoms with Gasteiger partial charge in [-0.3, -0.25) is 0 Å². The van der Waals surface area contributed by atoms with E-state index in [0.717, 1.165) is 10.0 Å². The molecule has 0 aliphatic heterocycles. The van der Waals surface area contributed by atoms with Crippen molar-refractivity contribution in [3.05, 3.63) is 45.1 Å². The molecule has 0 spiro atoms. The van der Waals surface area contributed by atoms with Gasteiger partial charge in [0.25, 0.3) is 9.05 Å². The highest BCUT2D eigenvalue weighted by atomic mass is 79.9. The maximum absolute atomic E-state index is 11.4. The first kappa shape index (κ1) is 14.8. The van der Waals surface area contributed by atoms with E-state index in [9.17, 15) is 8.42 Å². The first-order valence-electron chi connectivity index (χ1n) is 5.21. The Balaban J connectivity index is 2.47. The zero-order valence-corrected chi connectivity index (χ0v) is 13.7. The van der Waals surface area contributed by atoms with Crippen molar-refractivity contribution >= 4 is 47.3 Å². The molecule has 4 nitrogen and oxygen atoms in total. The SMILES string of the molecule is Cc1nn(Cc2ccccc2Br)c(Cl)c1S(=O)(=O)Cl. The van der Waals surface area contributed by atoms with Crippen molar-refractivity contribution < 1.29 is 8.42 Å². The summed E-state index contributed by atoms with van der Waals surface area (Å²) in [5, 5.41) is 4.13. The highest BCUT2D eigenvalue weighted by Gasteiger charge is 2.24. The average Bonchev–Trinajstić information content (AvgIpc) is 2.56. The van der Waals surface area contributed by atoms with Crippen LogP contribution in [0.4, 0.5) is 0 Å². The molecule has 0 bridgehead atoms. The van der Waals surface area contributed by atoms with Crippen molar-refractivity contribution in [2.24, 2.45) is 0 Å². The predicted molar refractivity (Wildman–Crippen MR) is 78.3 cm³/mol. The number of aromatic nitrogens is 2. The van der Waals surface area contributed by atoms with Crippen molar-refractivity contribution in [2.75, 3.05) is 0 Å². The van der Waals surface area contributed by atoms with Crippen molar-refractivity contribution in [3.63, 3.8) is 0 Å². The van der Waals surface area contributed by atoms with E-state index < -0.39 is 9.05 Å². The van der Waals surface area contributed by atoms with Crippen molar-refractivity contribution in [2.45, 2.75) is 18.4 Å². The molecular formula is C11H9BrCl2N2O2S.